The van der Waals surface area contributed by atoms with Gasteiger partial charge in [0.15, 0.2) is 5.16 Å². The van der Waals surface area contributed by atoms with Crippen LogP contribution < -0.4 is 15.1 Å². The van der Waals surface area contributed by atoms with Crippen LogP contribution in [0.2, 0.25) is 10.2 Å². The first-order chi connectivity index (χ1) is 17.3. The summed E-state index contributed by atoms with van der Waals surface area (Å²) >= 11 is 14.0. The van der Waals surface area contributed by atoms with Gasteiger partial charge in [-0.25, -0.2) is 9.97 Å². The standard InChI is InChI=1S/C27H31Cl2N5OS/c1-18(2)19(3)30-26(35)21-9-7-20(8-10-21)17-36-27-31-24(29)16-25(32-27)34-13-11-33(12-14-34)23-6-4-5-22(28)15-23/h4-10,15-16,18-19H,11-14,17H2,1-3H3,(H,30,35). The lowest BCUT2D eigenvalue weighted by atomic mass is 10.1. The summed E-state index contributed by atoms with van der Waals surface area (Å²) in [5.41, 5.74) is 2.89. The minimum Gasteiger partial charge on any atom is -0.368 e. The number of carbonyl (C=O) groups is 1. The van der Waals surface area contributed by atoms with Crippen molar-refractivity contribution in [3.8, 4) is 0 Å². The van der Waals surface area contributed by atoms with Gasteiger partial charge in [-0.15, -0.1) is 0 Å². The van der Waals surface area contributed by atoms with Crippen molar-refractivity contribution < 1.29 is 4.79 Å². The number of anilines is 2. The summed E-state index contributed by atoms with van der Waals surface area (Å²) in [4.78, 5) is 26.2. The minimum absolute atomic E-state index is 0.0475. The Hall–Kier alpha value is -2.48. The fraction of sp³-hybridized carbons (Fsp3) is 0.370. The molecule has 0 spiro atoms. The van der Waals surface area contributed by atoms with Gasteiger partial charge in [-0.05, 0) is 48.7 Å². The van der Waals surface area contributed by atoms with E-state index in [1.165, 1.54) is 11.8 Å². The van der Waals surface area contributed by atoms with E-state index < -0.39 is 0 Å². The van der Waals surface area contributed by atoms with Gasteiger partial charge in [0, 0.05) is 60.3 Å². The molecule has 1 amide bonds. The van der Waals surface area contributed by atoms with E-state index in [0.29, 0.717) is 27.5 Å². The number of piperazine rings is 1. The van der Waals surface area contributed by atoms with Gasteiger partial charge in [0.25, 0.3) is 5.91 Å². The minimum atomic E-state index is -0.0475. The number of nitrogens with one attached hydrogen (secondary N) is 1. The molecule has 1 fully saturated rings. The summed E-state index contributed by atoms with van der Waals surface area (Å²) in [6.07, 6.45) is 0. The number of benzene rings is 2. The molecule has 1 aliphatic rings. The highest BCUT2D eigenvalue weighted by atomic mass is 35.5. The van der Waals surface area contributed by atoms with Gasteiger partial charge in [-0.2, -0.15) is 0 Å². The van der Waals surface area contributed by atoms with Gasteiger partial charge >= 0.3 is 0 Å². The molecule has 4 rings (SSSR count). The predicted molar refractivity (Wildman–Crippen MR) is 151 cm³/mol. The highest BCUT2D eigenvalue weighted by Gasteiger charge is 2.20. The lowest BCUT2D eigenvalue weighted by Gasteiger charge is -2.36. The van der Waals surface area contributed by atoms with Crippen LogP contribution in [0.1, 0.15) is 36.7 Å². The van der Waals surface area contributed by atoms with Gasteiger partial charge in [-0.1, -0.05) is 67.0 Å². The fourth-order valence-electron chi connectivity index (χ4n) is 3.84. The van der Waals surface area contributed by atoms with Gasteiger partial charge in [0.05, 0.1) is 0 Å². The summed E-state index contributed by atoms with van der Waals surface area (Å²) in [5.74, 6) is 1.87. The van der Waals surface area contributed by atoms with Gasteiger partial charge < -0.3 is 15.1 Å². The first kappa shape index (κ1) is 26.6. The Morgan fingerprint density at radius 3 is 2.33 bits per heavy atom. The van der Waals surface area contributed by atoms with Crippen molar-refractivity contribution in [3.05, 3.63) is 75.9 Å². The van der Waals surface area contributed by atoms with E-state index in [1.54, 1.807) is 0 Å². The van der Waals surface area contributed by atoms with E-state index in [4.69, 9.17) is 28.2 Å². The summed E-state index contributed by atoms with van der Waals surface area (Å²) < 4.78 is 0. The summed E-state index contributed by atoms with van der Waals surface area (Å²) in [6.45, 7) is 9.63. The van der Waals surface area contributed by atoms with Crippen molar-refractivity contribution in [1.29, 1.82) is 0 Å². The van der Waals surface area contributed by atoms with E-state index in [0.717, 1.165) is 48.3 Å². The van der Waals surface area contributed by atoms with Crippen molar-refractivity contribution in [3.63, 3.8) is 0 Å². The molecule has 1 aliphatic heterocycles. The number of carbonyl (C=O) groups excluding carboxylic acids is 1. The quantitative estimate of drug-likeness (QED) is 0.208. The van der Waals surface area contributed by atoms with Crippen molar-refractivity contribution in [1.82, 2.24) is 15.3 Å². The number of hydrogen-bond donors (Lipinski definition) is 1. The molecule has 9 heteroatoms. The van der Waals surface area contributed by atoms with Crippen LogP contribution in [-0.2, 0) is 5.75 Å². The molecule has 1 saturated heterocycles. The van der Waals surface area contributed by atoms with Crippen LogP contribution in [0, 0.1) is 5.92 Å². The third-order valence-electron chi connectivity index (χ3n) is 6.38. The highest BCUT2D eigenvalue weighted by Crippen LogP contribution is 2.27. The molecule has 1 aromatic heterocycles. The average Bonchev–Trinajstić information content (AvgIpc) is 2.87. The number of rotatable bonds is 8. The third kappa shape index (κ3) is 7.05. The summed E-state index contributed by atoms with van der Waals surface area (Å²) in [7, 11) is 0. The molecule has 3 aromatic rings. The predicted octanol–water partition coefficient (Wildman–Crippen LogP) is 6.18. The monoisotopic (exact) mass is 543 g/mol. The zero-order valence-corrected chi connectivity index (χ0v) is 23.1. The molecule has 2 aromatic carbocycles. The molecule has 0 saturated carbocycles. The zero-order chi connectivity index (χ0) is 25.7. The number of amides is 1. The maximum Gasteiger partial charge on any atom is 0.251 e. The first-order valence-electron chi connectivity index (χ1n) is 12.1. The van der Waals surface area contributed by atoms with Gasteiger partial charge in [-0.3, -0.25) is 4.79 Å². The number of nitrogens with zero attached hydrogens (tertiary/aromatic N) is 4. The van der Waals surface area contributed by atoms with Crippen LogP contribution in [0.5, 0.6) is 0 Å². The number of aromatic nitrogens is 2. The van der Waals surface area contributed by atoms with Crippen LogP contribution in [0.3, 0.4) is 0 Å². The first-order valence-corrected chi connectivity index (χ1v) is 13.9. The Bertz CT molecular complexity index is 1180. The smallest absolute Gasteiger partial charge is 0.251 e. The summed E-state index contributed by atoms with van der Waals surface area (Å²) in [5, 5.41) is 4.86. The van der Waals surface area contributed by atoms with Crippen LogP contribution >= 0.6 is 35.0 Å². The Morgan fingerprint density at radius 2 is 1.67 bits per heavy atom. The number of thioether (sulfide) groups is 1. The topological polar surface area (TPSA) is 61.4 Å². The van der Waals surface area contributed by atoms with Crippen LogP contribution in [0.4, 0.5) is 11.5 Å². The van der Waals surface area contributed by atoms with E-state index in [2.05, 4.69) is 40.0 Å². The second-order valence-corrected chi connectivity index (χ2v) is 11.0. The maximum absolute atomic E-state index is 12.4. The average molecular weight is 545 g/mol. The van der Waals surface area contributed by atoms with E-state index in [9.17, 15) is 4.79 Å². The van der Waals surface area contributed by atoms with Gasteiger partial charge in [0.1, 0.15) is 11.0 Å². The molecule has 0 aliphatic carbocycles. The van der Waals surface area contributed by atoms with E-state index in [1.807, 2.05) is 55.5 Å². The maximum atomic E-state index is 12.4. The van der Waals surface area contributed by atoms with Crippen LogP contribution in [0.15, 0.2) is 59.8 Å². The SMILES string of the molecule is CC(C)C(C)NC(=O)c1ccc(CSc2nc(Cl)cc(N3CCN(c4cccc(Cl)c4)CC3)n2)cc1. The Kier molecular flexibility index (Phi) is 8.99. The van der Waals surface area contributed by atoms with Crippen molar-refractivity contribution in [2.75, 3.05) is 36.0 Å². The molecule has 2 heterocycles. The third-order valence-corrected chi connectivity index (χ3v) is 7.73. The summed E-state index contributed by atoms with van der Waals surface area (Å²) in [6, 6.07) is 17.6. The van der Waals surface area contributed by atoms with E-state index in [-0.39, 0.29) is 11.9 Å². The molecule has 0 bridgehead atoms. The normalized spacial score (nSPS) is 14.7. The van der Waals surface area contributed by atoms with Crippen molar-refractivity contribution in [2.45, 2.75) is 37.7 Å². The zero-order valence-electron chi connectivity index (χ0n) is 20.7. The second-order valence-electron chi connectivity index (χ2n) is 9.28. The molecular weight excluding hydrogens is 513 g/mol. The molecule has 1 unspecified atom stereocenters. The number of halogens is 2. The van der Waals surface area contributed by atoms with Crippen LogP contribution in [-0.4, -0.2) is 48.1 Å². The molecule has 36 heavy (non-hydrogen) atoms. The highest BCUT2D eigenvalue weighted by molar-refractivity contribution is 7.98. The van der Waals surface area contributed by atoms with Crippen LogP contribution in [0.25, 0.3) is 0 Å². The second kappa shape index (κ2) is 12.2. The molecule has 6 nitrogen and oxygen atoms in total. The Balaban J connectivity index is 1.34. The van der Waals surface area contributed by atoms with Crippen molar-refractivity contribution >= 4 is 52.4 Å². The Labute approximate surface area is 227 Å². The largest absolute Gasteiger partial charge is 0.368 e. The molecule has 1 atom stereocenters. The molecule has 190 valence electrons. The Morgan fingerprint density at radius 1 is 0.972 bits per heavy atom. The number of hydrogen-bond acceptors (Lipinski definition) is 6. The molecular formula is C27H31Cl2N5OS. The molecule has 0 radical (unpaired) electrons. The van der Waals surface area contributed by atoms with E-state index >= 15 is 0 Å². The lowest BCUT2D eigenvalue weighted by Crippen LogP contribution is -2.46. The lowest BCUT2D eigenvalue weighted by molar-refractivity contribution is 0.0930. The molecule has 1 N–H and O–H groups in total. The van der Waals surface area contributed by atoms with Crippen molar-refractivity contribution in [2.24, 2.45) is 5.92 Å². The fourth-order valence-corrected chi connectivity index (χ4v) is 5.06. The van der Waals surface area contributed by atoms with Gasteiger partial charge in [0.2, 0.25) is 0 Å².